The molecule has 1 aliphatic rings. The highest BCUT2D eigenvalue weighted by Gasteiger charge is 2.44. The molecule has 0 saturated heterocycles. The quantitative estimate of drug-likeness (QED) is 0.440. The monoisotopic (exact) mass is 384 g/mol. The molecule has 2 atom stereocenters. The highest BCUT2D eigenvalue weighted by Crippen LogP contribution is 2.50. The Balaban J connectivity index is 0.000000209. The SMILES string of the molecule is CC(C)(C)c1ccc(C2CC2C(F)F)cc1.CCCCC=Cc1ccccc1. The summed E-state index contributed by atoms with van der Waals surface area (Å²) in [5.74, 6) is -0.311. The molecule has 2 unspecified atom stereocenters. The number of unbranched alkanes of at least 4 members (excludes halogenated alkanes) is 2. The smallest absolute Gasteiger partial charge is 0.210 e. The Morgan fingerprint density at radius 3 is 2.14 bits per heavy atom. The summed E-state index contributed by atoms with van der Waals surface area (Å²) >= 11 is 0. The normalized spacial score (nSPS) is 18.8. The van der Waals surface area contributed by atoms with Crippen LogP contribution in [0.5, 0.6) is 0 Å². The molecule has 28 heavy (non-hydrogen) atoms. The topological polar surface area (TPSA) is 0 Å². The Morgan fingerprint density at radius 2 is 1.64 bits per heavy atom. The molecule has 2 aromatic carbocycles. The van der Waals surface area contributed by atoms with Crippen molar-refractivity contribution in [3.8, 4) is 0 Å². The average Bonchev–Trinajstić information content (AvgIpc) is 3.47. The first-order valence-corrected chi connectivity index (χ1v) is 10.4. The molecule has 0 aliphatic heterocycles. The molecule has 2 aromatic rings. The average molecular weight is 385 g/mol. The lowest BCUT2D eigenvalue weighted by molar-refractivity contribution is 0.120. The van der Waals surface area contributed by atoms with E-state index >= 15 is 0 Å². The number of hydrogen-bond donors (Lipinski definition) is 0. The number of allylic oxidation sites excluding steroid dienone is 1. The van der Waals surface area contributed by atoms with Crippen LogP contribution in [0.15, 0.2) is 60.7 Å². The van der Waals surface area contributed by atoms with Crippen LogP contribution in [0.25, 0.3) is 6.08 Å². The van der Waals surface area contributed by atoms with Gasteiger partial charge in [0.1, 0.15) is 0 Å². The van der Waals surface area contributed by atoms with Gasteiger partial charge in [0.2, 0.25) is 6.43 Å². The number of hydrogen-bond acceptors (Lipinski definition) is 0. The molecule has 2 heteroatoms. The Morgan fingerprint density at radius 1 is 1.00 bits per heavy atom. The molecule has 0 N–H and O–H groups in total. The standard InChI is InChI=1S/C14H18F2.C12H16/c1-14(2,3)10-6-4-9(5-7-10)11-8-12(11)13(15)16;1-2-3-4-6-9-12-10-7-5-8-11-12/h4-7,11-13H,8H2,1-3H3;5-11H,2-4H2,1H3. The lowest BCUT2D eigenvalue weighted by Gasteiger charge is -2.19. The summed E-state index contributed by atoms with van der Waals surface area (Å²) in [4.78, 5) is 0. The van der Waals surface area contributed by atoms with E-state index < -0.39 is 12.3 Å². The van der Waals surface area contributed by atoms with Crippen LogP contribution < -0.4 is 0 Å². The lowest BCUT2D eigenvalue weighted by atomic mass is 9.86. The van der Waals surface area contributed by atoms with Crippen LogP contribution in [0, 0.1) is 5.92 Å². The van der Waals surface area contributed by atoms with Crippen LogP contribution in [-0.4, -0.2) is 6.43 Å². The van der Waals surface area contributed by atoms with Crippen LogP contribution in [0.3, 0.4) is 0 Å². The Kier molecular flexibility index (Phi) is 8.41. The van der Waals surface area contributed by atoms with Crippen molar-refractivity contribution in [1.82, 2.24) is 0 Å². The van der Waals surface area contributed by atoms with Gasteiger partial charge in [0, 0.05) is 5.92 Å². The van der Waals surface area contributed by atoms with E-state index in [1.807, 2.05) is 18.2 Å². The van der Waals surface area contributed by atoms with Crippen molar-refractivity contribution in [2.24, 2.45) is 5.92 Å². The fraction of sp³-hybridized carbons (Fsp3) is 0.462. The number of rotatable bonds is 6. The van der Waals surface area contributed by atoms with E-state index in [4.69, 9.17) is 0 Å². The van der Waals surface area contributed by atoms with Gasteiger partial charge in [-0.05, 0) is 40.9 Å². The molecule has 1 fully saturated rings. The van der Waals surface area contributed by atoms with Gasteiger partial charge in [-0.3, -0.25) is 0 Å². The lowest BCUT2D eigenvalue weighted by Crippen LogP contribution is -2.10. The van der Waals surface area contributed by atoms with E-state index in [-0.39, 0.29) is 11.3 Å². The molecule has 0 amide bonds. The maximum atomic E-state index is 12.4. The molecule has 0 heterocycles. The zero-order chi connectivity index (χ0) is 20.6. The first-order valence-electron chi connectivity index (χ1n) is 10.4. The fourth-order valence-electron chi connectivity index (χ4n) is 3.21. The maximum absolute atomic E-state index is 12.4. The van der Waals surface area contributed by atoms with Gasteiger partial charge in [-0.2, -0.15) is 0 Å². The van der Waals surface area contributed by atoms with Crippen LogP contribution in [-0.2, 0) is 5.41 Å². The zero-order valence-electron chi connectivity index (χ0n) is 17.7. The van der Waals surface area contributed by atoms with Crippen LogP contribution in [0.2, 0.25) is 0 Å². The van der Waals surface area contributed by atoms with Gasteiger partial charge in [-0.1, -0.05) is 107 Å². The van der Waals surface area contributed by atoms with E-state index in [1.54, 1.807) is 0 Å². The van der Waals surface area contributed by atoms with E-state index in [2.05, 4.69) is 76.2 Å². The molecule has 0 bridgehead atoms. The van der Waals surface area contributed by atoms with Crippen molar-refractivity contribution in [2.45, 2.75) is 71.1 Å². The molecular formula is C26H34F2. The van der Waals surface area contributed by atoms with Gasteiger partial charge < -0.3 is 0 Å². The number of benzene rings is 2. The number of halogens is 2. The summed E-state index contributed by atoms with van der Waals surface area (Å²) in [7, 11) is 0. The summed E-state index contributed by atoms with van der Waals surface area (Å²) in [6.07, 6.45) is 6.70. The van der Waals surface area contributed by atoms with Crippen molar-refractivity contribution in [3.05, 3.63) is 77.4 Å². The second kappa shape index (κ2) is 10.5. The van der Waals surface area contributed by atoms with E-state index in [9.17, 15) is 8.78 Å². The van der Waals surface area contributed by atoms with Crippen molar-refractivity contribution in [1.29, 1.82) is 0 Å². The minimum Gasteiger partial charge on any atom is -0.210 e. The third-order valence-electron chi connectivity index (χ3n) is 5.20. The Bertz CT molecular complexity index is 708. The molecule has 0 spiro atoms. The summed E-state index contributed by atoms with van der Waals surface area (Å²) in [5, 5.41) is 0. The second-order valence-corrected chi connectivity index (χ2v) is 8.67. The first-order chi connectivity index (χ1) is 13.3. The van der Waals surface area contributed by atoms with Crippen molar-refractivity contribution in [2.75, 3.05) is 0 Å². The molecular weight excluding hydrogens is 350 g/mol. The van der Waals surface area contributed by atoms with Crippen LogP contribution >= 0.6 is 0 Å². The van der Waals surface area contributed by atoms with Crippen molar-refractivity contribution >= 4 is 6.08 Å². The van der Waals surface area contributed by atoms with Gasteiger partial charge in [0.25, 0.3) is 0 Å². The predicted octanol–water partition coefficient (Wildman–Crippen LogP) is 8.24. The molecule has 1 aliphatic carbocycles. The zero-order valence-corrected chi connectivity index (χ0v) is 17.7. The summed E-state index contributed by atoms with van der Waals surface area (Å²) < 4.78 is 24.8. The van der Waals surface area contributed by atoms with Gasteiger partial charge >= 0.3 is 0 Å². The largest absolute Gasteiger partial charge is 0.242 e. The number of alkyl halides is 2. The molecule has 0 nitrogen and oxygen atoms in total. The van der Waals surface area contributed by atoms with Gasteiger partial charge in [-0.15, -0.1) is 0 Å². The van der Waals surface area contributed by atoms with E-state index in [0.717, 1.165) is 5.56 Å². The second-order valence-electron chi connectivity index (χ2n) is 8.67. The molecule has 152 valence electrons. The molecule has 1 saturated carbocycles. The van der Waals surface area contributed by atoms with E-state index in [1.165, 1.54) is 30.4 Å². The molecule has 0 radical (unpaired) electrons. The summed E-state index contributed by atoms with van der Waals surface area (Å²) in [6, 6.07) is 18.6. The third-order valence-corrected chi connectivity index (χ3v) is 5.20. The van der Waals surface area contributed by atoms with Crippen LogP contribution in [0.1, 0.15) is 76.0 Å². The Labute approximate surface area is 169 Å². The van der Waals surface area contributed by atoms with Crippen molar-refractivity contribution < 1.29 is 8.78 Å². The first kappa shape index (κ1) is 22.3. The highest BCUT2D eigenvalue weighted by molar-refractivity contribution is 5.48. The molecule has 0 aromatic heterocycles. The predicted molar refractivity (Wildman–Crippen MR) is 117 cm³/mol. The van der Waals surface area contributed by atoms with Gasteiger partial charge in [0.05, 0.1) is 0 Å². The third kappa shape index (κ3) is 7.22. The van der Waals surface area contributed by atoms with Gasteiger partial charge in [0.15, 0.2) is 0 Å². The Hall–Kier alpha value is -1.96. The van der Waals surface area contributed by atoms with Crippen LogP contribution in [0.4, 0.5) is 8.78 Å². The summed E-state index contributed by atoms with van der Waals surface area (Å²) in [5.41, 5.74) is 3.75. The molecule has 3 rings (SSSR count). The minimum atomic E-state index is -2.16. The maximum Gasteiger partial charge on any atom is 0.242 e. The highest BCUT2D eigenvalue weighted by atomic mass is 19.3. The summed E-state index contributed by atoms with van der Waals surface area (Å²) in [6.45, 7) is 8.68. The van der Waals surface area contributed by atoms with E-state index in [0.29, 0.717) is 6.42 Å². The van der Waals surface area contributed by atoms with Gasteiger partial charge in [-0.25, -0.2) is 8.78 Å². The minimum absolute atomic E-state index is 0.0917. The van der Waals surface area contributed by atoms with Crippen molar-refractivity contribution in [3.63, 3.8) is 0 Å². The fourth-order valence-corrected chi connectivity index (χ4v) is 3.21.